The van der Waals surface area contributed by atoms with E-state index in [2.05, 4.69) is 21.2 Å². The molecule has 0 saturated heterocycles. The number of esters is 2. The van der Waals surface area contributed by atoms with E-state index in [1.807, 2.05) is 0 Å². The van der Waals surface area contributed by atoms with Gasteiger partial charge >= 0.3 is 18.0 Å². The highest BCUT2D eigenvalue weighted by Crippen LogP contribution is 2.38. The molecule has 224 valence electrons. The zero-order valence-corrected chi connectivity index (χ0v) is 24.0. The van der Waals surface area contributed by atoms with Crippen LogP contribution in [0.5, 0.6) is 28.7 Å². The lowest BCUT2D eigenvalue weighted by molar-refractivity contribution is -0.139. The number of carbonyl (C=O) groups is 4. The minimum atomic E-state index is -0.793. The Labute approximate surface area is 241 Å². The first-order valence-electron chi connectivity index (χ1n) is 12.6. The summed E-state index contributed by atoms with van der Waals surface area (Å²) in [5.41, 5.74) is 4.00. The molecule has 1 atom stereocenters. The molecule has 0 radical (unpaired) electrons. The third-order valence-corrected chi connectivity index (χ3v) is 5.78. The minimum Gasteiger partial charge on any atom is -0.493 e. The number of hydrogen-bond donors (Lipinski definition) is 3. The van der Waals surface area contributed by atoms with E-state index in [1.165, 1.54) is 34.5 Å². The zero-order chi connectivity index (χ0) is 30.8. The van der Waals surface area contributed by atoms with Crippen LogP contribution in [0.15, 0.2) is 46.7 Å². The average Bonchev–Trinajstić information content (AvgIpc) is 2.95. The second-order valence-electron chi connectivity index (χ2n) is 8.63. The summed E-state index contributed by atoms with van der Waals surface area (Å²) in [4.78, 5) is 48.5. The van der Waals surface area contributed by atoms with Crippen LogP contribution in [0.2, 0.25) is 0 Å². The first-order valence-corrected chi connectivity index (χ1v) is 12.6. The average molecular weight is 585 g/mol. The number of allylic oxidation sites excluding steroid dienone is 1. The number of hydrogen-bond acceptors (Lipinski definition) is 11. The summed E-state index contributed by atoms with van der Waals surface area (Å²) < 4.78 is 31.9. The zero-order valence-electron chi connectivity index (χ0n) is 24.0. The summed E-state index contributed by atoms with van der Waals surface area (Å²) in [6, 6.07) is 6.62. The third-order valence-electron chi connectivity index (χ3n) is 5.78. The first kappa shape index (κ1) is 31.3. The number of amides is 3. The van der Waals surface area contributed by atoms with Gasteiger partial charge in [0.1, 0.15) is 0 Å². The Balaban J connectivity index is 1.69. The quantitative estimate of drug-likeness (QED) is 0.146. The van der Waals surface area contributed by atoms with Gasteiger partial charge in [-0.1, -0.05) is 6.07 Å². The molecule has 2 aromatic carbocycles. The number of benzene rings is 2. The van der Waals surface area contributed by atoms with Gasteiger partial charge in [-0.25, -0.2) is 15.0 Å². The Morgan fingerprint density at radius 1 is 1.00 bits per heavy atom. The summed E-state index contributed by atoms with van der Waals surface area (Å²) >= 11 is 0. The Morgan fingerprint density at radius 3 is 2.26 bits per heavy atom. The van der Waals surface area contributed by atoms with Gasteiger partial charge in [-0.15, -0.1) is 0 Å². The minimum absolute atomic E-state index is 0.118. The van der Waals surface area contributed by atoms with Gasteiger partial charge in [-0.2, -0.15) is 5.10 Å². The Kier molecular flexibility index (Phi) is 10.7. The van der Waals surface area contributed by atoms with Gasteiger partial charge in [0, 0.05) is 18.2 Å². The maximum atomic E-state index is 12.6. The van der Waals surface area contributed by atoms with Gasteiger partial charge in [-0.05, 0) is 43.7 Å². The van der Waals surface area contributed by atoms with Gasteiger partial charge in [0.2, 0.25) is 5.75 Å². The molecule has 0 bridgehead atoms. The van der Waals surface area contributed by atoms with E-state index in [9.17, 15) is 19.2 Å². The van der Waals surface area contributed by atoms with E-state index in [0.29, 0.717) is 16.8 Å². The lowest BCUT2D eigenvalue weighted by Gasteiger charge is -2.28. The first-order chi connectivity index (χ1) is 20.1. The summed E-state index contributed by atoms with van der Waals surface area (Å²) in [5.74, 6) is -0.576. The van der Waals surface area contributed by atoms with Crippen LogP contribution in [0.1, 0.15) is 37.9 Å². The van der Waals surface area contributed by atoms with E-state index in [-0.39, 0.29) is 40.9 Å². The highest BCUT2D eigenvalue weighted by Gasteiger charge is 2.32. The number of nitrogens with one attached hydrogen (secondary N) is 3. The van der Waals surface area contributed by atoms with Crippen LogP contribution in [0.3, 0.4) is 0 Å². The second-order valence-corrected chi connectivity index (χ2v) is 8.63. The van der Waals surface area contributed by atoms with Crippen LogP contribution in [0.25, 0.3) is 0 Å². The standard InChI is InChI=1S/C28H32N4O10/c1-7-40-27(35)24-15(2)30-28(36)31-25(24)18-8-9-19(20(12-18)37-4)41-14-23(34)32-29-13-17-10-21(38-5)26(42-16(3)33)22(11-17)39-6/h8-13,25H,7,14H2,1-6H3,(H,32,34)(H2,30,31,36)/b29-13+/t25-/m1/s1. The molecule has 0 fully saturated rings. The molecular formula is C28H32N4O10. The summed E-state index contributed by atoms with van der Waals surface area (Å²) in [5, 5.41) is 9.21. The number of hydrazone groups is 1. The molecule has 3 N–H and O–H groups in total. The lowest BCUT2D eigenvalue weighted by Crippen LogP contribution is -2.45. The fraction of sp³-hybridized carbons (Fsp3) is 0.321. The van der Waals surface area contributed by atoms with Crippen molar-refractivity contribution < 1.29 is 47.6 Å². The predicted molar refractivity (Wildman–Crippen MR) is 149 cm³/mol. The second kappa shape index (κ2) is 14.4. The third kappa shape index (κ3) is 7.68. The van der Waals surface area contributed by atoms with Gasteiger partial charge in [0.25, 0.3) is 5.91 Å². The van der Waals surface area contributed by atoms with Crippen molar-refractivity contribution in [2.45, 2.75) is 26.8 Å². The monoisotopic (exact) mass is 584 g/mol. The molecule has 0 spiro atoms. The molecule has 2 aromatic rings. The van der Waals surface area contributed by atoms with Crippen molar-refractivity contribution in [1.29, 1.82) is 0 Å². The highest BCUT2D eigenvalue weighted by atomic mass is 16.6. The number of ether oxygens (including phenoxy) is 6. The van der Waals surface area contributed by atoms with E-state index in [4.69, 9.17) is 28.4 Å². The van der Waals surface area contributed by atoms with Crippen molar-refractivity contribution in [2.24, 2.45) is 5.10 Å². The van der Waals surface area contributed by atoms with Crippen molar-refractivity contribution in [3.8, 4) is 28.7 Å². The molecular weight excluding hydrogens is 552 g/mol. The SMILES string of the molecule is CCOC(=O)C1=C(C)NC(=O)N[C@@H]1c1ccc(OCC(=O)N/N=C/c2cc(OC)c(OC(C)=O)c(OC)c2)c(OC)c1. The molecule has 1 aliphatic rings. The summed E-state index contributed by atoms with van der Waals surface area (Å²) in [6.07, 6.45) is 1.35. The van der Waals surface area contributed by atoms with Crippen molar-refractivity contribution in [3.05, 3.63) is 52.7 Å². The number of methoxy groups -OCH3 is 3. The number of rotatable bonds is 12. The molecule has 3 amide bonds. The number of nitrogens with zero attached hydrogens (tertiary/aromatic N) is 1. The van der Waals surface area contributed by atoms with Gasteiger partial charge in [0.05, 0.1) is 45.8 Å². The molecule has 3 rings (SSSR count). The molecule has 0 unspecified atom stereocenters. The van der Waals surface area contributed by atoms with Crippen molar-refractivity contribution >= 4 is 30.1 Å². The maximum Gasteiger partial charge on any atom is 0.338 e. The van der Waals surface area contributed by atoms with Crippen molar-refractivity contribution in [3.63, 3.8) is 0 Å². The van der Waals surface area contributed by atoms with Crippen molar-refractivity contribution in [1.82, 2.24) is 16.1 Å². The molecule has 1 heterocycles. The van der Waals surface area contributed by atoms with Crippen LogP contribution in [0, 0.1) is 0 Å². The van der Waals surface area contributed by atoms with Gasteiger partial charge in [0.15, 0.2) is 29.6 Å². The van der Waals surface area contributed by atoms with E-state index in [1.54, 1.807) is 44.2 Å². The smallest absolute Gasteiger partial charge is 0.338 e. The van der Waals surface area contributed by atoms with Gasteiger partial charge in [-0.3, -0.25) is 9.59 Å². The largest absolute Gasteiger partial charge is 0.493 e. The fourth-order valence-electron chi connectivity index (χ4n) is 3.98. The molecule has 14 heteroatoms. The molecule has 0 aliphatic carbocycles. The Morgan fingerprint density at radius 2 is 1.67 bits per heavy atom. The topological polar surface area (TPSA) is 172 Å². The molecule has 0 saturated carbocycles. The van der Waals surface area contributed by atoms with Crippen LogP contribution < -0.4 is 39.7 Å². The number of carbonyl (C=O) groups excluding carboxylic acids is 4. The normalized spacial score (nSPS) is 14.4. The summed E-state index contributed by atoms with van der Waals surface area (Å²) in [6.45, 7) is 4.32. The lowest BCUT2D eigenvalue weighted by atomic mass is 9.95. The van der Waals surface area contributed by atoms with Crippen molar-refractivity contribution in [2.75, 3.05) is 34.5 Å². The van der Waals surface area contributed by atoms with E-state index >= 15 is 0 Å². The van der Waals surface area contributed by atoms with Crippen LogP contribution in [-0.4, -0.2) is 64.6 Å². The molecule has 0 aromatic heterocycles. The highest BCUT2D eigenvalue weighted by molar-refractivity contribution is 5.95. The fourth-order valence-corrected chi connectivity index (χ4v) is 3.98. The van der Waals surface area contributed by atoms with E-state index in [0.717, 1.165) is 0 Å². The molecule has 42 heavy (non-hydrogen) atoms. The van der Waals surface area contributed by atoms with Crippen LogP contribution in [-0.2, 0) is 19.1 Å². The Bertz CT molecular complexity index is 1390. The molecule has 1 aliphatic heterocycles. The Hall–Kier alpha value is -5.27. The molecule has 14 nitrogen and oxygen atoms in total. The van der Waals surface area contributed by atoms with Gasteiger partial charge < -0.3 is 39.1 Å². The van der Waals surface area contributed by atoms with E-state index < -0.39 is 36.5 Å². The predicted octanol–water partition coefficient (Wildman–Crippen LogP) is 2.36. The van der Waals surface area contributed by atoms with Crippen LogP contribution >= 0.6 is 0 Å². The van der Waals surface area contributed by atoms with Crippen LogP contribution in [0.4, 0.5) is 4.79 Å². The maximum absolute atomic E-state index is 12.6. The number of urea groups is 1. The summed E-state index contributed by atoms with van der Waals surface area (Å²) in [7, 11) is 4.23.